The molecule has 2 N–H and O–H groups in total. The smallest absolute Gasteiger partial charge is 0.306 e. The quantitative estimate of drug-likeness (QED) is 0.259. The predicted molar refractivity (Wildman–Crippen MR) is 149 cm³/mol. The van der Waals surface area contributed by atoms with Gasteiger partial charge >= 0.3 is 5.91 Å². The van der Waals surface area contributed by atoms with Crippen LogP contribution in [0, 0.1) is 6.92 Å². The van der Waals surface area contributed by atoms with Crippen LogP contribution in [-0.4, -0.2) is 17.5 Å². The van der Waals surface area contributed by atoms with Crippen molar-refractivity contribution in [2.75, 3.05) is 5.01 Å². The normalized spacial score (nSPS) is 13.6. The van der Waals surface area contributed by atoms with Crippen molar-refractivity contribution in [3.05, 3.63) is 117 Å². The van der Waals surface area contributed by atoms with Gasteiger partial charge in [0.2, 0.25) is 0 Å². The number of carbonyl (C=O) groups is 2. The average molecular weight is 547 g/mol. The fourth-order valence-corrected chi connectivity index (χ4v) is 4.93. The fourth-order valence-electron chi connectivity index (χ4n) is 4.43. The van der Waals surface area contributed by atoms with Crippen LogP contribution in [0.25, 0.3) is 0 Å². The highest BCUT2D eigenvalue weighted by molar-refractivity contribution is 6.36. The molecule has 1 aromatic heterocycles. The molecule has 7 nitrogen and oxygen atoms in total. The fraction of sp³-hybridized carbons (Fsp3) is 0.138. The van der Waals surface area contributed by atoms with Gasteiger partial charge in [-0.3, -0.25) is 20.0 Å². The number of hydrazine groups is 1. The first-order valence-corrected chi connectivity index (χ1v) is 12.8. The highest BCUT2D eigenvalue weighted by Crippen LogP contribution is 2.31. The van der Waals surface area contributed by atoms with E-state index in [0.29, 0.717) is 34.9 Å². The SMILES string of the molecule is Cc1c(C(=O)NN(c2ccccc2)c2ccccc2)oc2c1/C(=N/NC(=O)c1ccc(Cl)cc1Cl)CCC2. The van der Waals surface area contributed by atoms with Gasteiger partial charge in [-0.15, -0.1) is 0 Å². The molecule has 5 rings (SSSR count). The van der Waals surface area contributed by atoms with E-state index in [4.69, 9.17) is 27.6 Å². The summed E-state index contributed by atoms with van der Waals surface area (Å²) in [6.45, 7) is 1.82. The molecule has 0 radical (unpaired) electrons. The van der Waals surface area contributed by atoms with E-state index in [1.165, 1.54) is 6.07 Å². The number of para-hydroxylation sites is 2. The van der Waals surface area contributed by atoms with Crippen molar-refractivity contribution in [2.45, 2.75) is 26.2 Å². The molecule has 1 aliphatic carbocycles. The van der Waals surface area contributed by atoms with Gasteiger partial charge in [0.1, 0.15) is 5.76 Å². The molecular weight excluding hydrogens is 523 g/mol. The Labute approximate surface area is 230 Å². The zero-order valence-corrected chi connectivity index (χ0v) is 22.0. The molecule has 0 aliphatic heterocycles. The number of halogens is 2. The van der Waals surface area contributed by atoms with E-state index in [1.807, 2.05) is 67.6 Å². The Bertz CT molecular complexity index is 1480. The maximum Gasteiger partial charge on any atom is 0.306 e. The van der Waals surface area contributed by atoms with Crippen LogP contribution in [0.15, 0.2) is 88.4 Å². The molecule has 3 aromatic carbocycles. The zero-order chi connectivity index (χ0) is 26.6. The average Bonchev–Trinajstić information content (AvgIpc) is 3.28. The van der Waals surface area contributed by atoms with Gasteiger partial charge in [0.15, 0.2) is 5.76 Å². The summed E-state index contributed by atoms with van der Waals surface area (Å²) in [7, 11) is 0. The van der Waals surface area contributed by atoms with Crippen molar-refractivity contribution in [1.29, 1.82) is 0 Å². The van der Waals surface area contributed by atoms with E-state index in [2.05, 4.69) is 16.0 Å². The molecule has 192 valence electrons. The monoisotopic (exact) mass is 546 g/mol. The number of furan rings is 1. The summed E-state index contributed by atoms with van der Waals surface area (Å²) in [6, 6.07) is 23.7. The number of anilines is 2. The van der Waals surface area contributed by atoms with E-state index >= 15 is 0 Å². The minimum atomic E-state index is -0.452. The summed E-state index contributed by atoms with van der Waals surface area (Å²) in [5.41, 5.74) is 9.48. The third-order valence-corrected chi connectivity index (χ3v) is 6.79. The van der Waals surface area contributed by atoms with Crippen LogP contribution in [0.1, 0.15) is 50.6 Å². The Morgan fingerprint density at radius 2 is 1.55 bits per heavy atom. The third-order valence-electron chi connectivity index (χ3n) is 6.24. The number of nitrogens with zero attached hydrogens (tertiary/aromatic N) is 2. The molecule has 0 saturated heterocycles. The summed E-state index contributed by atoms with van der Waals surface area (Å²) in [4.78, 5) is 26.2. The Kier molecular flexibility index (Phi) is 7.49. The van der Waals surface area contributed by atoms with Gasteiger partial charge in [0, 0.05) is 22.6 Å². The van der Waals surface area contributed by atoms with E-state index in [-0.39, 0.29) is 22.3 Å². The number of aryl methyl sites for hydroxylation is 1. The molecule has 9 heteroatoms. The summed E-state index contributed by atoms with van der Waals surface area (Å²) in [5.74, 6) is 0.0311. The molecule has 0 unspecified atom stereocenters. The van der Waals surface area contributed by atoms with Gasteiger partial charge in [-0.05, 0) is 62.2 Å². The second-order valence-corrected chi connectivity index (χ2v) is 9.62. The lowest BCUT2D eigenvalue weighted by molar-refractivity contribution is 0.0921. The molecule has 0 bridgehead atoms. The molecule has 2 amide bonds. The number of benzene rings is 3. The van der Waals surface area contributed by atoms with Crippen LogP contribution in [-0.2, 0) is 6.42 Å². The molecule has 4 aromatic rings. The Morgan fingerprint density at radius 1 is 0.895 bits per heavy atom. The minimum absolute atomic E-state index is 0.202. The Hall–Kier alpha value is -4.07. The van der Waals surface area contributed by atoms with Gasteiger partial charge in [0.05, 0.1) is 27.7 Å². The highest BCUT2D eigenvalue weighted by Gasteiger charge is 2.29. The molecule has 0 fully saturated rings. The lowest BCUT2D eigenvalue weighted by Crippen LogP contribution is -2.39. The Balaban J connectivity index is 1.41. The lowest BCUT2D eigenvalue weighted by atomic mass is 9.93. The molecule has 1 heterocycles. The van der Waals surface area contributed by atoms with Crippen molar-refractivity contribution in [2.24, 2.45) is 5.10 Å². The van der Waals surface area contributed by atoms with Gasteiger partial charge in [-0.2, -0.15) is 5.10 Å². The number of fused-ring (bicyclic) bond motifs is 1. The summed E-state index contributed by atoms with van der Waals surface area (Å²) in [6.07, 6.45) is 2.07. The number of hydrazone groups is 1. The van der Waals surface area contributed by atoms with Gasteiger partial charge in [-0.25, -0.2) is 5.43 Å². The molecule has 1 aliphatic rings. The number of nitrogens with one attached hydrogen (secondary N) is 2. The standard InChI is InChI=1S/C29H24Cl2N4O3/c1-18-26-24(32-33-28(36)22-16-15-19(30)17-23(22)31)13-8-14-25(26)38-27(18)29(37)34-35(20-9-4-2-5-10-20)21-11-6-3-7-12-21/h2-7,9-12,15-17H,8,13-14H2,1H3,(H,33,36)(H,34,37)/b32-24+. The van der Waals surface area contributed by atoms with Crippen LogP contribution in [0.5, 0.6) is 0 Å². The van der Waals surface area contributed by atoms with Crippen molar-refractivity contribution >= 4 is 52.1 Å². The predicted octanol–water partition coefficient (Wildman–Crippen LogP) is 6.85. The first kappa shape index (κ1) is 25.6. The van der Waals surface area contributed by atoms with Crippen LogP contribution >= 0.6 is 23.2 Å². The molecule has 0 atom stereocenters. The maximum absolute atomic E-state index is 13.5. The third kappa shape index (κ3) is 5.30. The Morgan fingerprint density at radius 3 is 2.18 bits per heavy atom. The first-order valence-electron chi connectivity index (χ1n) is 12.1. The number of hydrogen-bond acceptors (Lipinski definition) is 5. The van der Waals surface area contributed by atoms with E-state index in [0.717, 1.165) is 23.4 Å². The number of amides is 2. The molecule has 0 spiro atoms. The largest absolute Gasteiger partial charge is 0.455 e. The molecule has 0 saturated carbocycles. The second-order valence-electron chi connectivity index (χ2n) is 8.78. The van der Waals surface area contributed by atoms with Crippen LogP contribution in [0.4, 0.5) is 11.4 Å². The summed E-state index contributed by atoms with van der Waals surface area (Å²) >= 11 is 12.1. The first-order chi connectivity index (χ1) is 18.4. The molecule has 38 heavy (non-hydrogen) atoms. The van der Waals surface area contributed by atoms with Crippen molar-refractivity contribution in [1.82, 2.24) is 10.9 Å². The minimum Gasteiger partial charge on any atom is -0.455 e. The maximum atomic E-state index is 13.5. The highest BCUT2D eigenvalue weighted by atomic mass is 35.5. The summed E-state index contributed by atoms with van der Waals surface area (Å²) < 4.78 is 6.06. The van der Waals surface area contributed by atoms with Crippen LogP contribution in [0.3, 0.4) is 0 Å². The molecular formula is C29H24Cl2N4O3. The van der Waals surface area contributed by atoms with Gasteiger partial charge in [0.25, 0.3) is 5.91 Å². The van der Waals surface area contributed by atoms with E-state index < -0.39 is 5.91 Å². The number of hydrogen-bond donors (Lipinski definition) is 2. The van der Waals surface area contributed by atoms with Crippen molar-refractivity contribution in [3.63, 3.8) is 0 Å². The van der Waals surface area contributed by atoms with Crippen LogP contribution < -0.4 is 15.9 Å². The van der Waals surface area contributed by atoms with Gasteiger partial charge < -0.3 is 4.42 Å². The number of rotatable bonds is 6. The zero-order valence-electron chi connectivity index (χ0n) is 20.5. The van der Waals surface area contributed by atoms with Crippen LogP contribution in [0.2, 0.25) is 10.0 Å². The van der Waals surface area contributed by atoms with Crippen molar-refractivity contribution in [3.8, 4) is 0 Å². The summed E-state index contributed by atoms with van der Waals surface area (Å²) in [5, 5.41) is 6.77. The van der Waals surface area contributed by atoms with E-state index in [9.17, 15) is 9.59 Å². The second kappa shape index (κ2) is 11.1. The van der Waals surface area contributed by atoms with Gasteiger partial charge in [-0.1, -0.05) is 59.6 Å². The van der Waals surface area contributed by atoms with Crippen molar-refractivity contribution < 1.29 is 14.0 Å². The number of carbonyl (C=O) groups excluding carboxylic acids is 2. The van der Waals surface area contributed by atoms with E-state index in [1.54, 1.807) is 17.1 Å². The topological polar surface area (TPSA) is 86.9 Å². The lowest BCUT2D eigenvalue weighted by Gasteiger charge is -2.25.